The first kappa shape index (κ1) is 18.3. The molecule has 0 radical (unpaired) electrons. The molecule has 1 aliphatic rings. The second kappa shape index (κ2) is 7.50. The van der Waals surface area contributed by atoms with Gasteiger partial charge in [0.2, 0.25) is 0 Å². The number of halogens is 3. The molecule has 0 amide bonds. The summed E-state index contributed by atoms with van der Waals surface area (Å²) in [6.07, 6.45) is 1.47. The number of anilines is 1. The largest absolute Gasteiger partial charge is 0.462 e. The lowest BCUT2D eigenvalue weighted by atomic mass is 10.1. The van der Waals surface area contributed by atoms with Crippen molar-refractivity contribution in [2.75, 3.05) is 31.1 Å². The first-order valence-electron chi connectivity index (χ1n) is 8.64. The third-order valence-corrected chi connectivity index (χ3v) is 5.32. The highest BCUT2D eigenvalue weighted by molar-refractivity contribution is 6.38. The molecule has 2 aromatic carbocycles. The van der Waals surface area contributed by atoms with Crippen molar-refractivity contribution in [3.63, 3.8) is 0 Å². The van der Waals surface area contributed by atoms with Gasteiger partial charge in [-0.25, -0.2) is 4.39 Å². The lowest BCUT2D eigenvalue weighted by Crippen LogP contribution is -2.46. The van der Waals surface area contributed by atoms with E-state index >= 15 is 0 Å². The van der Waals surface area contributed by atoms with Crippen LogP contribution in [-0.2, 0) is 6.54 Å². The van der Waals surface area contributed by atoms with E-state index in [4.69, 9.17) is 27.6 Å². The Morgan fingerprint density at radius 1 is 1.07 bits per heavy atom. The summed E-state index contributed by atoms with van der Waals surface area (Å²) < 4.78 is 19.5. The van der Waals surface area contributed by atoms with Gasteiger partial charge in [-0.3, -0.25) is 9.69 Å². The molecule has 0 saturated carbocycles. The molecule has 0 atom stereocenters. The van der Waals surface area contributed by atoms with Gasteiger partial charge >= 0.3 is 0 Å². The topological polar surface area (TPSA) is 36.7 Å². The van der Waals surface area contributed by atoms with E-state index < -0.39 is 0 Å². The molecule has 0 bridgehead atoms. The average Bonchev–Trinajstić information content (AvgIpc) is 2.65. The molecule has 1 saturated heterocycles. The smallest absolute Gasteiger partial charge is 0.197 e. The highest BCUT2D eigenvalue weighted by Crippen LogP contribution is 2.27. The molecule has 1 aliphatic heterocycles. The Hall–Kier alpha value is -2.08. The number of piperazine rings is 1. The summed E-state index contributed by atoms with van der Waals surface area (Å²) >= 11 is 12.1. The molecule has 0 unspecified atom stereocenters. The van der Waals surface area contributed by atoms with E-state index in [0.717, 1.165) is 13.1 Å². The van der Waals surface area contributed by atoms with E-state index in [1.54, 1.807) is 24.3 Å². The monoisotopic (exact) mass is 406 g/mol. The zero-order valence-electron chi connectivity index (χ0n) is 14.4. The summed E-state index contributed by atoms with van der Waals surface area (Å²) in [5.41, 5.74) is 1.39. The molecule has 7 heteroatoms. The van der Waals surface area contributed by atoms with Gasteiger partial charge in [0, 0.05) is 43.3 Å². The Morgan fingerprint density at radius 3 is 2.56 bits per heavy atom. The van der Waals surface area contributed by atoms with Crippen LogP contribution in [0.2, 0.25) is 10.0 Å². The van der Waals surface area contributed by atoms with Crippen LogP contribution in [0.15, 0.2) is 51.9 Å². The number of hydrogen-bond acceptors (Lipinski definition) is 4. The Bertz CT molecular complexity index is 1050. The third-order valence-electron chi connectivity index (χ3n) is 4.82. The molecular formula is C20H17Cl2FN2O2. The van der Waals surface area contributed by atoms with Gasteiger partial charge in [-0.15, -0.1) is 0 Å². The van der Waals surface area contributed by atoms with Gasteiger partial charge in [-0.2, -0.15) is 0 Å². The molecule has 3 aromatic rings. The first-order valence-corrected chi connectivity index (χ1v) is 9.40. The van der Waals surface area contributed by atoms with Crippen LogP contribution < -0.4 is 10.3 Å². The number of para-hydroxylation sites is 1. The lowest BCUT2D eigenvalue weighted by Gasteiger charge is -2.36. The Labute approximate surface area is 165 Å². The van der Waals surface area contributed by atoms with Crippen molar-refractivity contribution in [2.45, 2.75) is 6.54 Å². The van der Waals surface area contributed by atoms with Crippen LogP contribution in [0.3, 0.4) is 0 Å². The van der Waals surface area contributed by atoms with Crippen molar-refractivity contribution in [1.82, 2.24) is 4.90 Å². The summed E-state index contributed by atoms with van der Waals surface area (Å²) in [7, 11) is 0. The van der Waals surface area contributed by atoms with Crippen molar-refractivity contribution < 1.29 is 8.81 Å². The number of fused-ring (bicyclic) bond motifs is 1. The predicted octanol–water partition coefficient (Wildman–Crippen LogP) is 4.56. The van der Waals surface area contributed by atoms with Crippen LogP contribution in [0.25, 0.3) is 11.0 Å². The van der Waals surface area contributed by atoms with Crippen LogP contribution in [-0.4, -0.2) is 31.1 Å². The zero-order chi connectivity index (χ0) is 19.0. The Kier molecular flexibility index (Phi) is 5.08. The van der Waals surface area contributed by atoms with Crippen molar-refractivity contribution in [2.24, 2.45) is 0 Å². The van der Waals surface area contributed by atoms with Crippen molar-refractivity contribution in [3.8, 4) is 0 Å². The summed E-state index contributed by atoms with van der Waals surface area (Å²) in [4.78, 5) is 16.9. The second-order valence-electron chi connectivity index (χ2n) is 6.57. The minimum Gasteiger partial charge on any atom is -0.462 e. The quantitative estimate of drug-likeness (QED) is 0.638. The van der Waals surface area contributed by atoms with E-state index in [2.05, 4.69) is 4.90 Å². The van der Waals surface area contributed by atoms with E-state index in [0.29, 0.717) is 51.9 Å². The van der Waals surface area contributed by atoms with Crippen LogP contribution in [0.4, 0.5) is 10.1 Å². The number of benzene rings is 2. The molecule has 0 spiro atoms. The van der Waals surface area contributed by atoms with E-state index in [-0.39, 0.29) is 11.2 Å². The number of rotatable bonds is 3. The summed E-state index contributed by atoms with van der Waals surface area (Å²) in [5.74, 6) is -0.213. The molecular weight excluding hydrogens is 390 g/mol. The molecule has 1 aromatic heterocycles. The van der Waals surface area contributed by atoms with Crippen molar-refractivity contribution >= 4 is 39.9 Å². The molecule has 4 nitrogen and oxygen atoms in total. The number of hydrogen-bond donors (Lipinski definition) is 0. The van der Waals surface area contributed by atoms with Crippen molar-refractivity contribution in [1.29, 1.82) is 0 Å². The van der Waals surface area contributed by atoms with Gasteiger partial charge in [-0.1, -0.05) is 35.3 Å². The predicted molar refractivity (Wildman–Crippen MR) is 106 cm³/mol. The van der Waals surface area contributed by atoms with Crippen LogP contribution >= 0.6 is 23.2 Å². The minimum absolute atomic E-state index is 0.128. The maximum absolute atomic E-state index is 14.0. The van der Waals surface area contributed by atoms with Crippen LogP contribution in [0.5, 0.6) is 0 Å². The third kappa shape index (κ3) is 3.68. The summed E-state index contributed by atoms with van der Waals surface area (Å²) in [5, 5.41) is 1.10. The van der Waals surface area contributed by atoms with E-state index in [1.807, 2.05) is 11.0 Å². The van der Waals surface area contributed by atoms with Gasteiger partial charge in [0.05, 0.1) is 22.4 Å². The fourth-order valence-corrected chi connectivity index (χ4v) is 3.95. The molecule has 27 heavy (non-hydrogen) atoms. The van der Waals surface area contributed by atoms with E-state index in [9.17, 15) is 9.18 Å². The second-order valence-corrected chi connectivity index (χ2v) is 7.41. The Morgan fingerprint density at radius 2 is 1.81 bits per heavy atom. The van der Waals surface area contributed by atoms with Crippen molar-refractivity contribution in [3.05, 3.63) is 74.3 Å². The van der Waals surface area contributed by atoms with E-state index in [1.165, 1.54) is 12.3 Å². The van der Waals surface area contributed by atoms with Crippen LogP contribution in [0, 0.1) is 5.82 Å². The number of nitrogens with zero attached hydrogens (tertiary/aromatic N) is 2. The lowest BCUT2D eigenvalue weighted by molar-refractivity contribution is 0.247. The summed E-state index contributed by atoms with van der Waals surface area (Å²) in [6, 6.07) is 9.91. The molecule has 1 fully saturated rings. The van der Waals surface area contributed by atoms with Gasteiger partial charge in [-0.05, 0) is 24.3 Å². The molecule has 140 valence electrons. The molecule has 0 aliphatic carbocycles. The maximum atomic E-state index is 14.0. The zero-order valence-corrected chi connectivity index (χ0v) is 15.9. The molecule has 2 heterocycles. The van der Waals surface area contributed by atoms with Crippen LogP contribution in [0.1, 0.15) is 5.56 Å². The van der Waals surface area contributed by atoms with Gasteiger partial charge in [0.25, 0.3) is 0 Å². The first-order chi connectivity index (χ1) is 13.0. The van der Waals surface area contributed by atoms with Gasteiger partial charge in [0.1, 0.15) is 5.82 Å². The normalized spacial score (nSPS) is 15.4. The van der Waals surface area contributed by atoms with Gasteiger partial charge in [0.15, 0.2) is 11.0 Å². The fourth-order valence-electron chi connectivity index (χ4n) is 3.41. The maximum Gasteiger partial charge on any atom is 0.197 e. The van der Waals surface area contributed by atoms with Gasteiger partial charge < -0.3 is 9.32 Å². The summed E-state index contributed by atoms with van der Waals surface area (Å²) in [6.45, 7) is 3.30. The SMILES string of the molecule is O=c1c(CN2CCN(c3ccccc3F)CC2)coc2c(Cl)cc(Cl)cc12. The molecule has 0 N–H and O–H groups in total. The minimum atomic E-state index is -0.213. The molecule has 4 rings (SSSR count). The average molecular weight is 407 g/mol. The Balaban J connectivity index is 1.50. The highest BCUT2D eigenvalue weighted by Gasteiger charge is 2.21. The standard InChI is InChI=1S/C20H17Cl2FN2O2/c21-14-9-15-19(26)13(12-27-20(15)16(22)10-14)11-24-5-7-25(8-6-24)18-4-2-1-3-17(18)23/h1-4,9-10,12H,5-8,11H2. The fraction of sp³-hybridized carbons (Fsp3) is 0.250. The highest BCUT2D eigenvalue weighted by atomic mass is 35.5.